The van der Waals surface area contributed by atoms with E-state index in [9.17, 15) is 17.6 Å². The van der Waals surface area contributed by atoms with Gasteiger partial charge in [0.15, 0.2) is 0 Å². The van der Waals surface area contributed by atoms with Gasteiger partial charge in [0.1, 0.15) is 4.99 Å². The van der Waals surface area contributed by atoms with Crippen molar-refractivity contribution in [2.75, 3.05) is 11.9 Å². The summed E-state index contributed by atoms with van der Waals surface area (Å²) in [4.78, 5) is 0.0153. The van der Waals surface area contributed by atoms with Gasteiger partial charge in [-0.3, -0.25) is 0 Å². The summed E-state index contributed by atoms with van der Waals surface area (Å²) in [6.07, 6.45) is -3.72. The first-order chi connectivity index (χ1) is 8.24. The molecular formula is C11H12F4N2S. The van der Waals surface area contributed by atoms with E-state index in [2.05, 4.69) is 5.32 Å². The maximum absolute atomic E-state index is 12.8. The lowest BCUT2D eigenvalue weighted by molar-refractivity contribution is -0.117. The monoisotopic (exact) mass is 280 g/mol. The quantitative estimate of drug-likeness (QED) is 0.643. The fourth-order valence-corrected chi connectivity index (χ4v) is 1.48. The Morgan fingerprint density at radius 1 is 1.44 bits per heavy atom. The molecular weight excluding hydrogens is 268 g/mol. The van der Waals surface area contributed by atoms with E-state index in [4.69, 9.17) is 18.0 Å². The van der Waals surface area contributed by atoms with E-state index in [-0.39, 0.29) is 10.7 Å². The van der Waals surface area contributed by atoms with Crippen molar-refractivity contribution < 1.29 is 17.6 Å². The molecule has 0 heterocycles. The van der Waals surface area contributed by atoms with E-state index in [1.165, 1.54) is 6.07 Å². The molecule has 0 spiro atoms. The fraction of sp³-hybridized carbons (Fsp3) is 0.364. The Morgan fingerprint density at radius 3 is 2.56 bits per heavy atom. The fourth-order valence-electron chi connectivity index (χ4n) is 1.31. The van der Waals surface area contributed by atoms with Crippen molar-refractivity contribution >= 4 is 22.9 Å². The van der Waals surface area contributed by atoms with Crippen LogP contribution in [-0.4, -0.2) is 23.9 Å². The molecule has 0 atom stereocenters. The molecule has 2 nitrogen and oxygen atoms in total. The Labute approximate surface area is 107 Å². The number of halogens is 4. The van der Waals surface area contributed by atoms with Gasteiger partial charge in [0.25, 0.3) is 0 Å². The second-order valence-electron chi connectivity index (χ2n) is 3.83. The van der Waals surface area contributed by atoms with Crippen molar-refractivity contribution in [3.05, 3.63) is 29.3 Å². The maximum Gasteiger partial charge on any atom is 0.324 e. The highest BCUT2D eigenvalue weighted by molar-refractivity contribution is 7.80. The molecule has 0 amide bonds. The second kappa shape index (κ2) is 5.51. The highest BCUT2D eigenvalue weighted by Gasteiger charge is 2.40. The van der Waals surface area contributed by atoms with Crippen LogP contribution in [0.5, 0.6) is 0 Å². The topological polar surface area (TPSA) is 38.0 Å². The van der Waals surface area contributed by atoms with E-state index >= 15 is 0 Å². The minimum atomic E-state index is -4.10. The molecule has 3 N–H and O–H groups in total. The molecule has 0 aliphatic heterocycles. The smallest absolute Gasteiger partial charge is 0.324 e. The first kappa shape index (κ1) is 14.7. The summed E-state index contributed by atoms with van der Waals surface area (Å²) in [6, 6.07) is 4.72. The summed E-state index contributed by atoms with van der Waals surface area (Å²) < 4.78 is 49.5. The molecule has 0 aliphatic carbocycles. The number of hydrogen-bond donors (Lipinski definition) is 2. The van der Waals surface area contributed by atoms with Gasteiger partial charge in [0.2, 0.25) is 0 Å². The van der Waals surface area contributed by atoms with Gasteiger partial charge in [-0.05, 0) is 19.1 Å². The first-order valence-electron chi connectivity index (χ1n) is 5.04. The number of rotatable bonds is 5. The summed E-state index contributed by atoms with van der Waals surface area (Å²) in [6.45, 7) is 0.600. The molecule has 0 saturated carbocycles. The van der Waals surface area contributed by atoms with Crippen molar-refractivity contribution in [2.24, 2.45) is 5.73 Å². The van der Waals surface area contributed by atoms with Crippen molar-refractivity contribution in [1.29, 1.82) is 0 Å². The third kappa shape index (κ3) is 3.56. The molecule has 100 valence electrons. The first-order valence-corrected chi connectivity index (χ1v) is 5.45. The molecule has 0 aliphatic rings. The Morgan fingerprint density at radius 2 is 2.06 bits per heavy atom. The highest BCUT2D eigenvalue weighted by atomic mass is 32.1. The zero-order chi connectivity index (χ0) is 13.9. The number of aryl methyl sites for hydroxylation is 1. The summed E-state index contributed by atoms with van der Waals surface area (Å²) >= 11 is 4.77. The van der Waals surface area contributed by atoms with Crippen molar-refractivity contribution in [1.82, 2.24) is 0 Å². The predicted molar refractivity (Wildman–Crippen MR) is 66.5 cm³/mol. The lowest BCUT2D eigenvalue weighted by Gasteiger charge is -2.18. The van der Waals surface area contributed by atoms with Crippen LogP contribution in [0.25, 0.3) is 0 Å². The predicted octanol–water partition coefficient (Wildman–Crippen LogP) is 2.94. The van der Waals surface area contributed by atoms with E-state index in [0.717, 1.165) is 5.56 Å². The maximum atomic E-state index is 12.8. The Hall–Kier alpha value is -1.37. The number of benzene rings is 1. The average molecular weight is 280 g/mol. The number of nitrogens with one attached hydrogen (secondary N) is 1. The third-order valence-corrected chi connectivity index (χ3v) is 2.49. The van der Waals surface area contributed by atoms with Crippen LogP contribution in [0.3, 0.4) is 0 Å². The molecule has 18 heavy (non-hydrogen) atoms. The zero-order valence-corrected chi connectivity index (χ0v) is 10.3. The largest absolute Gasteiger partial charge is 0.389 e. The van der Waals surface area contributed by atoms with Gasteiger partial charge in [0, 0.05) is 11.3 Å². The van der Waals surface area contributed by atoms with Gasteiger partial charge in [-0.15, -0.1) is 0 Å². The highest BCUT2D eigenvalue weighted by Crippen LogP contribution is 2.25. The molecule has 1 aromatic rings. The minimum Gasteiger partial charge on any atom is -0.389 e. The number of thiocarbonyl (C=S) groups is 1. The van der Waals surface area contributed by atoms with Crippen LogP contribution < -0.4 is 11.1 Å². The molecule has 0 unspecified atom stereocenters. The second-order valence-corrected chi connectivity index (χ2v) is 4.27. The standard InChI is InChI=1S/C11H12F4N2S/c1-6-2-3-8(7(4-6)9(16)18)17-5-11(14,15)10(12)13/h2-4,10,17H,5H2,1H3,(H2,16,18). The van der Waals surface area contributed by atoms with Gasteiger partial charge >= 0.3 is 12.3 Å². The molecule has 0 saturated heterocycles. The van der Waals surface area contributed by atoms with Gasteiger partial charge in [-0.25, -0.2) is 8.78 Å². The van der Waals surface area contributed by atoms with Crippen LogP contribution in [0.15, 0.2) is 18.2 Å². The summed E-state index contributed by atoms with van der Waals surface area (Å²) in [7, 11) is 0. The normalized spacial score (nSPS) is 11.7. The molecule has 7 heteroatoms. The lowest BCUT2D eigenvalue weighted by atomic mass is 10.1. The van der Waals surface area contributed by atoms with Crippen LogP contribution in [-0.2, 0) is 0 Å². The molecule has 1 rings (SSSR count). The number of nitrogens with two attached hydrogens (primary N) is 1. The van der Waals surface area contributed by atoms with Crippen LogP contribution in [0, 0.1) is 6.92 Å². The van der Waals surface area contributed by atoms with Crippen molar-refractivity contribution in [3.63, 3.8) is 0 Å². The zero-order valence-electron chi connectivity index (χ0n) is 9.51. The van der Waals surface area contributed by atoms with Gasteiger partial charge < -0.3 is 11.1 Å². The van der Waals surface area contributed by atoms with E-state index in [0.29, 0.717) is 5.56 Å². The van der Waals surface area contributed by atoms with Gasteiger partial charge in [-0.1, -0.05) is 23.8 Å². The third-order valence-electron chi connectivity index (χ3n) is 2.27. The average Bonchev–Trinajstić information content (AvgIpc) is 2.27. The van der Waals surface area contributed by atoms with Crippen LogP contribution in [0.2, 0.25) is 0 Å². The minimum absolute atomic E-state index is 0.0153. The molecule has 1 aromatic carbocycles. The van der Waals surface area contributed by atoms with E-state index < -0.39 is 18.9 Å². The Bertz CT molecular complexity index is 449. The SMILES string of the molecule is Cc1ccc(NCC(F)(F)C(F)F)c(C(N)=S)c1. The van der Waals surface area contributed by atoms with Crippen LogP contribution in [0.4, 0.5) is 23.2 Å². The Kier molecular flexibility index (Phi) is 4.50. The number of hydrogen-bond acceptors (Lipinski definition) is 2. The molecule has 0 fully saturated rings. The lowest BCUT2D eigenvalue weighted by Crippen LogP contribution is -2.35. The molecule has 0 aromatic heterocycles. The van der Waals surface area contributed by atoms with Gasteiger partial charge in [0.05, 0.1) is 6.54 Å². The number of alkyl halides is 4. The summed E-state index contributed by atoms with van der Waals surface area (Å²) in [5.74, 6) is -4.10. The van der Waals surface area contributed by atoms with E-state index in [1.807, 2.05) is 0 Å². The number of anilines is 1. The van der Waals surface area contributed by atoms with E-state index in [1.54, 1.807) is 19.1 Å². The molecule has 0 bridgehead atoms. The van der Waals surface area contributed by atoms with Crippen LogP contribution in [0.1, 0.15) is 11.1 Å². The Balaban J connectivity index is 2.89. The van der Waals surface area contributed by atoms with Crippen molar-refractivity contribution in [3.8, 4) is 0 Å². The van der Waals surface area contributed by atoms with Crippen LogP contribution >= 0.6 is 12.2 Å². The summed E-state index contributed by atoms with van der Waals surface area (Å²) in [5.41, 5.74) is 6.85. The van der Waals surface area contributed by atoms with Crippen molar-refractivity contribution in [2.45, 2.75) is 19.3 Å². The van der Waals surface area contributed by atoms with Gasteiger partial charge in [-0.2, -0.15) is 8.78 Å². The summed E-state index contributed by atoms with van der Waals surface area (Å²) in [5, 5.41) is 2.25. The molecule has 0 radical (unpaired) electrons.